The van der Waals surface area contributed by atoms with Crippen molar-refractivity contribution in [3.8, 4) is 0 Å². The molecule has 0 aliphatic heterocycles. The molecule has 0 aliphatic carbocycles. The molecule has 0 unspecified atom stereocenters. The highest BCUT2D eigenvalue weighted by atomic mass is 28.4. The molecule has 0 saturated heterocycles. The number of hydrogen-bond acceptors (Lipinski definition) is 2. The van der Waals surface area contributed by atoms with Crippen LogP contribution in [0.3, 0.4) is 0 Å². The van der Waals surface area contributed by atoms with Crippen LogP contribution in [0.1, 0.15) is 66.5 Å². The van der Waals surface area contributed by atoms with Gasteiger partial charge in [0.2, 0.25) is 0 Å². The van der Waals surface area contributed by atoms with E-state index in [4.69, 9.17) is 10.2 Å². The molecule has 0 heterocycles. The molecule has 0 aliphatic rings. The van der Waals surface area contributed by atoms with Crippen molar-refractivity contribution in [1.29, 1.82) is 0 Å². The number of halogens is 1. The van der Waals surface area contributed by atoms with E-state index in [1.54, 1.807) is 24.3 Å². The Kier molecular flexibility index (Phi) is 12.1. The van der Waals surface area contributed by atoms with Gasteiger partial charge in [-0.3, -0.25) is 9.59 Å². The number of rotatable bonds is 10. The summed E-state index contributed by atoms with van der Waals surface area (Å²) in [6, 6.07) is 15.2. The van der Waals surface area contributed by atoms with Crippen LogP contribution < -0.4 is 10.4 Å². The fourth-order valence-corrected chi connectivity index (χ4v) is 12.0. The van der Waals surface area contributed by atoms with Gasteiger partial charge in [-0.15, -0.1) is 0 Å². The van der Waals surface area contributed by atoms with E-state index >= 15 is 4.11 Å². The lowest BCUT2D eigenvalue weighted by Crippen LogP contribution is -2.49. The van der Waals surface area contributed by atoms with Crippen LogP contribution in [0.25, 0.3) is 0 Å². The van der Waals surface area contributed by atoms with E-state index in [9.17, 15) is 9.59 Å². The van der Waals surface area contributed by atoms with Crippen molar-refractivity contribution in [2.75, 3.05) is 0 Å². The average Bonchev–Trinajstić information content (AvgIpc) is 2.74. The summed E-state index contributed by atoms with van der Waals surface area (Å²) in [6.07, 6.45) is 0.111. The molecule has 2 rings (SSSR count). The third kappa shape index (κ3) is 9.04. The Morgan fingerprint density at radius 3 is 1.34 bits per heavy atom. The number of carbonyl (C=O) groups is 2. The number of hydrogen-bond donors (Lipinski definition) is 2. The molecule has 0 radical (unpaired) electrons. The van der Waals surface area contributed by atoms with Crippen LogP contribution >= 0.6 is 0 Å². The van der Waals surface area contributed by atoms with Gasteiger partial charge in [0.1, 0.15) is 0 Å². The summed E-state index contributed by atoms with van der Waals surface area (Å²) in [4.78, 5) is 21.2. The summed E-state index contributed by atoms with van der Waals surface area (Å²) >= 11 is 0. The fraction of sp³-hybridized carbons (Fsp3) is 0.500. The van der Waals surface area contributed by atoms with Crippen LogP contribution in [0.5, 0.6) is 0 Å². The van der Waals surface area contributed by atoms with Gasteiger partial charge in [0.25, 0.3) is 8.41 Å². The molecule has 0 amide bonds. The fourth-order valence-electron chi connectivity index (χ4n) is 4.96. The van der Waals surface area contributed by atoms with E-state index in [1.165, 1.54) is 5.19 Å². The van der Waals surface area contributed by atoms with Gasteiger partial charge in [0.05, 0.1) is 21.6 Å². The third-order valence-corrected chi connectivity index (χ3v) is 15.2. The third-order valence-electron chi connectivity index (χ3n) is 6.59. The zero-order valence-corrected chi connectivity index (χ0v) is 24.7. The number of aliphatic carboxylic acids is 2. The van der Waals surface area contributed by atoms with Gasteiger partial charge in [-0.1, -0.05) is 109 Å². The molecule has 0 saturated carbocycles. The molecule has 0 spiro atoms. The minimum absolute atomic E-state index is 0.00945. The van der Waals surface area contributed by atoms with Gasteiger partial charge in [-0.05, 0) is 38.5 Å². The highest BCUT2D eigenvalue weighted by Gasteiger charge is 2.43. The lowest BCUT2D eigenvalue weighted by molar-refractivity contribution is -0.137. The van der Waals surface area contributed by atoms with Gasteiger partial charge >= 0.3 is 11.9 Å². The Labute approximate surface area is 213 Å². The number of benzene rings is 2. The SMILES string of the molecule is CC(C)[SiH](c1ccc(CC(=O)O)cc1)C(C)C.CC(C)[Si](F)(c1ccc(CC(=O)O)cc1)C(C)C. The van der Waals surface area contributed by atoms with Gasteiger partial charge in [0, 0.05) is 0 Å². The number of carboxylic acids is 2. The minimum atomic E-state index is -2.99. The Morgan fingerprint density at radius 1 is 0.714 bits per heavy atom. The van der Waals surface area contributed by atoms with Crippen molar-refractivity contribution < 1.29 is 23.9 Å². The quantitative estimate of drug-likeness (QED) is 0.307. The summed E-state index contributed by atoms with van der Waals surface area (Å²) in [7, 11) is -3.93. The normalized spacial score (nSPS) is 11.8. The summed E-state index contributed by atoms with van der Waals surface area (Å²) in [5.74, 6) is -1.63. The molecular formula is C28H43FO4Si2. The van der Waals surface area contributed by atoms with E-state index in [1.807, 2.05) is 39.8 Å². The first kappa shape index (κ1) is 30.8. The van der Waals surface area contributed by atoms with E-state index in [-0.39, 0.29) is 23.9 Å². The smallest absolute Gasteiger partial charge is 0.307 e. The molecular weight excluding hydrogens is 475 g/mol. The van der Waals surface area contributed by atoms with E-state index in [0.717, 1.165) is 27.4 Å². The predicted molar refractivity (Wildman–Crippen MR) is 149 cm³/mol. The number of carboxylic acid groups (broad SMARTS) is 2. The van der Waals surface area contributed by atoms with Crippen molar-refractivity contribution >= 4 is 39.5 Å². The van der Waals surface area contributed by atoms with Gasteiger partial charge < -0.3 is 14.3 Å². The molecule has 0 bridgehead atoms. The lowest BCUT2D eigenvalue weighted by Gasteiger charge is -2.30. The summed E-state index contributed by atoms with van der Waals surface area (Å²) in [5.41, 5.74) is 3.11. The molecule has 0 aromatic heterocycles. The predicted octanol–water partition coefficient (Wildman–Crippen LogP) is 5.82. The van der Waals surface area contributed by atoms with Gasteiger partial charge in [0.15, 0.2) is 0 Å². The largest absolute Gasteiger partial charge is 0.481 e. The molecule has 0 atom stereocenters. The second kappa shape index (κ2) is 13.7. The second-order valence-corrected chi connectivity index (χ2v) is 19.5. The van der Waals surface area contributed by atoms with Crippen molar-refractivity contribution in [2.24, 2.45) is 0 Å². The molecule has 2 aromatic rings. The van der Waals surface area contributed by atoms with Gasteiger partial charge in [-0.2, -0.15) is 0 Å². The minimum Gasteiger partial charge on any atom is -0.481 e. The van der Waals surface area contributed by atoms with Crippen LogP contribution in [0.4, 0.5) is 4.11 Å². The van der Waals surface area contributed by atoms with Crippen LogP contribution in [0, 0.1) is 0 Å². The van der Waals surface area contributed by atoms with Crippen molar-refractivity contribution in [1.82, 2.24) is 0 Å². The van der Waals surface area contributed by atoms with Crippen LogP contribution in [0.15, 0.2) is 48.5 Å². The van der Waals surface area contributed by atoms with E-state index in [2.05, 4.69) is 39.8 Å². The summed E-state index contributed by atoms with van der Waals surface area (Å²) < 4.78 is 15.2. The molecule has 2 N–H and O–H groups in total. The van der Waals surface area contributed by atoms with Crippen molar-refractivity contribution in [3.63, 3.8) is 0 Å². The maximum Gasteiger partial charge on any atom is 0.307 e. The maximum absolute atomic E-state index is 15.2. The summed E-state index contributed by atoms with van der Waals surface area (Å²) in [5, 5.41) is 19.7. The molecule has 194 valence electrons. The Hall–Kier alpha value is -2.26. The Bertz CT molecular complexity index is 922. The Balaban J connectivity index is 0.000000351. The highest BCUT2D eigenvalue weighted by Crippen LogP contribution is 2.33. The van der Waals surface area contributed by atoms with Gasteiger partial charge in [-0.25, -0.2) is 0 Å². The standard InChI is InChI=1S/C14H21FO2Si.C14H22O2Si/c1-10(2)18(15,11(3)4)13-7-5-12(6-8-13)9-14(16)17;1-10(2)17(11(3)4)13-7-5-12(6-8-13)9-14(15)16/h5-8,10-11H,9H2,1-4H3,(H,16,17);5-8,10-11,17H,9H2,1-4H3,(H,15,16). The first-order valence-electron chi connectivity index (χ1n) is 12.5. The molecule has 2 aromatic carbocycles. The van der Waals surface area contributed by atoms with Crippen molar-refractivity contribution in [3.05, 3.63) is 59.7 Å². The zero-order valence-electron chi connectivity index (χ0n) is 22.5. The maximum atomic E-state index is 15.2. The molecule has 4 nitrogen and oxygen atoms in total. The van der Waals surface area contributed by atoms with Crippen LogP contribution in [-0.2, 0) is 22.4 Å². The average molecular weight is 519 g/mol. The van der Waals surface area contributed by atoms with Crippen LogP contribution in [-0.4, -0.2) is 39.4 Å². The second-order valence-electron chi connectivity index (χ2n) is 10.7. The van der Waals surface area contributed by atoms with E-state index < -0.39 is 29.1 Å². The molecule has 35 heavy (non-hydrogen) atoms. The first-order valence-corrected chi connectivity index (χ1v) is 16.4. The molecule has 0 fully saturated rings. The zero-order chi connectivity index (χ0) is 26.9. The first-order chi connectivity index (χ1) is 16.2. The van der Waals surface area contributed by atoms with Crippen LogP contribution in [0.2, 0.25) is 22.2 Å². The molecule has 7 heteroatoms. The van der Waals surface area contributed by atoms with E-state index in [0.29, 0.717) is 0 Å². The van der Waals surface area contributed by atoms with Crippen molar-refractivity contribution in [2.45, 2.75) is 90.4 Å². The highest BCUT2D eigenvalue weighted by molar-refractivity contribution is 6.88. The lowest BCUT2D eigenvalue weighted by atomic mass is 10.2. The monoisotopic (exact) mass is 518 g/mol. The topological polar surface area (TPSA) is 74.6 Å². The Morgan fingerprint density at radius 2 is 1.06 bits per heavy atom. The summed E-state index contributed by atoms with van der Waals surface area (Å²) in [6.45, 7) is 16.9.